The van der Waals surface area contributed by atoms with Crippen molar-refractivity contribution in [2.45, 2.75) is 56.5 Å². The second-order valence-electron chi connectivity index (χ2n) is 7.24. The summed E-state index contributed by atoms with van der Waals surface area (Å²) in [4.78, 5) is 16.1. The minimum Gasteiger partial charge on any atom is -0.390 e. The van der Waals surface area contributed by atoms with Crippen LogP contribution in [-0.2, 0) is 21.9 Å². The Bertz CT molecular complexity index is 718. The van der Waals surface area contributed by atoms with Crippen molar-refractivity contribution in [1.82, 2.24) is 19.2 Å². The second-order valence-corrected chi connectivity index (χ2v) is 9.08. The van der Waals surface area contributed by atoms with E-state index >= 15 is 0 Å². The van der Waals surface area contributed by atoms with E-state index in [4.69, 9.17) is 5.73 Å². The quantitative estimate of drug-likeness (QED) is 0.599. The van der Waals surface area contributed by atoms with Crippen LogP contribution in [0.5, 0.6) is 0 Å². The molecule has 0 aliphatic carbocycles. The van der Waals surface area contributed by atoms with Gasteiger partial charge >= 0.3 is 0 Å². The molecule has 0 spiro atoms. The van der Waals surface area contributed by atoms with Crippen molar-refractivity contribution in [3.05, 3.63) is 12.4 Å². The molecular weight excluding hydrogens is 358 g/mol. The molecule has 1 aromatic heterocycles. The molecule has 148 valence electrons. The minimum atomic E-state index is -3.80. The van der Waals surface area contributed by atoms with Gasteiger partial charge in [-0.05, 0) is 25.2 Å². The van der Waals surface area contributed by atoms with Crippen molar-refractivity contribution >= 4 is 15.9 Å². The number of nitrogens with two attached hydrogens (primary N) is 1. The minimum absolute atomic E-state index is 0.0638. The third-order valence-corrected chi connectivity index (χ3v) is 6.38. The number of aromatic nitrogens is 2. The zero-order valence-corrected chi connectivity index (χ0v) is 16.3. The highest BCUT2D eigenvalue weighted by molar-refractivity contribution is 7.89. The molecule has 26 heavy (non-hydrogen) atoms. The summed E-state index contributed by atoms with van der Waals surface area (Å²) in [5.41, 5.74) is 5.89. The molecule has 0 bridgehead atoms. The van der Waals surface area contributed by atoms with E-state index in [1.807, 2.05) is 13.8 Å². The van der Waals surface area contributed by atoms with Crippen LogP contribution in [0, 0.1) is 5.92 Å². The van der Waals surface area contributed by atoms with Crippen LogP contribution in [0.15, 0.2) is 17.6 Å². The Morgan fingerprint density at radius 1 is 1.50 bits per heavy atom. The molecule has 0 saturated carbocycles. The Balaban J connectivity index is 2.05. The summed E-state index contributed by atoms with van der Waals surface area (Å²) in [7, 11) is -2.20. The van der Waals surface area contributed by atoms with Crippen LogP contribution in [0.1, 0.15) is 33.1 Å². The lowest BCUT2D eigenvalue weighted by Crippen LogP contribution is -2.51. The Hall–Kier alpha value is -1.49. The molecule has 2 rings (SSSR count). The number of aliphatic hydroxyl groups is 1. The van der Waals surface area contributed by atoms with Crippen molar-refractivity contribution in [3.63, 3.8) is 0 Å². The molecule has 2 unspecified atom stereocenters. The summed E-state index contributed by atoms with van der Waals surface area (Å²) in [5, 5.41) is 13.2. The molecule has 1 aliphatic heterocycles. The lowest BCUT2D eigenvalue weighted by atomic mass is 10.0. The van der Waals surface area contributed by atoms with Crippen LogP contribution in [-0.4, -0.2) is 64.6 Å². The first-order valence-electron chi connectivity index (χ1n) is 8.84. The van der Waals surface area contributed by atoms with Gasteiger partial charge in [0.25, 0.3) is 10.0 Å². The fourth-order valence-corrected chi connectivity index (χ4v) is 4.68. The number of carbonyl (C=O) groups excluding carboxylic acids is 1. The predicted molar refractivity (Wildman–Crippen MR) is 96.6 cm³/mol. The summed E-state index contributed by atoms with van der Waals surface area (Å²) in [6.45, 7) is 4.12. The third-order valence-electron chi connectivity index (χ3n) is 4.52. The predicted octanol–water partition coefficient (Wildman–Crippen LogP) is -0.576. The normalized spacial score (nSPS) is 23.6. The van der Waals surface area contributed by atoms with Crippen LogP contribution >= 0.6 is 0 Å². The Morgan fingerprint density at radius 3 is 2.77 bits per heavy atom. The molecule has 1 saturated heterocycles. The molecule has 10 heteroatoms. The van der Waals surface area contributed by atoms with Crippen molar-refractivity contribution in [3.8, 4) is 0 Å². The van der Waals surface area contributed by atoms with Crippen LogP contribution in [0.3, 0.4) is 0 Å². The molecule has 3 atom stereocenters. The maximum Gasteiger partial charge on any atom is 0.277 e. The van der Waals surface area contributed by atoms with E-state index in [-0.39, 0.29) is 30.1 Å². The number of sulfonamides is 1. The number of hydrogen-bond donors (Lipinski definition) is 3. The number of carbonyl (C=O) groups is 1. The molecule has 1 aromatic rings. The van der Waals surface area contributed by atoms with Crippen molar-refractivity contribution in [2.24, 2.45) is 18.7 Å². The number of nitrogens with one attached hydrogen (secondary N) is 1. The number of rotatable bonds is 6. The van der Waals surface area contributed by atoms with E-state index in [2.05, 4.69) is 10.3 Å². The highest BCUT2D eigenvalue weighted by Gasteiger charge is 2.35. The van der Waals surface area contributed by atoms with Gasteiger partial charge in [0.05, 0.1) is 18.2 Å². The lowest BCUT2D eigenvalue weighted by Gasteiger charge is -2.26. The first-order valence-corrected chi connectivity index (χ1v) is 10.3. The fraction of sp³-hybridized carbons (Fsp3) is 0.750. The van der Waals surface area contributed by atoms with Gasteiger partial charge in [0.1, 0.15) is 0 Å². The highest BCUT2D eigenvalue weighted by Crippen LogP contribution is 2.19. The van der Waals surface area contributed by atoms with E-state index in [0.717, 1.165) is 0 Å². The Kier molecular flexibility index (Phi) is 6.78. The molecule has 1 fully saturated rings. The number of aliphatic hydroxyl groups excluding tert-OH is 1. The maximum absolute atomic E-state index is 12.8. The van der Waals surface area contributed by atoms with Gasteiger partial charge in [-0.2, -0.15) is 4.31 Å². The Labute approximate surface area is 154 Å². The first-order chi connectivity index (χ1) is 12.1. The SMILES string of the molecule is CC(C)C[C@H](N)C(=O)NC1CCCN(S(=O)(=O)c2nccn2C)CC1O. The number of aryl methyl sites for hydroxylation is 1. The van der Waals surface area contributed by atoms with E-state index in [1.165, 1.54) is 15.1 Å². The van der Waals surface area contributed by atoms with Crippen molar-refractivity contribution in [1.29, 1.82) is 0 Å². The van der Waals surface area contributed by atoms with E-state index in [0.29, 0.717) is 19.3 Å². The van der Waals surface area contributed by atoms with E-state index in [9.17, 15) is 18.3 Å². The van der Waals surface area contributed by atoms with E-state index < -0.39 is 28.2 Å². The zero-order valence-electron chi connectivity index (χ0n) is 15.5. The average Bonchev–Trinajstić information content (AvgIpc) is 2.89. The monoisotopic (exact) mass is 387 g/mol. The van der Waals surface area contributed by atoms with Crippen molar-refractivity contribution < 1.29 is 18.3 Å². The van der Waals surface area contributed by atoms with Crippen LogP contribution < -0.4 is 11.1 Å². The maximum atomic E-state index is 12.8. The van der Waals surface area contributed by atoms with Gasteiger partial charge in [-0.1, -0.05) is 13.8 Å². The summed E-state index contributed by atoms with van der Waals surface area (Å²) in [5.74, 6) is -0.0311. The highest BCUT2D eigenvalue weighted by atomic mass is 32.2. The topological polar surface area (TPSA) is 131 Å². The third kappa shape index (κ3) is 4.81. The first kappa shape index (κ1) is 20.8. The Morgan fingerprint density at radius 2 is 2.19 bits per heavy atom. The van der Waals surface area contributed by atoms with Crippen LogP contribution in [0.25, 0.3) is 0 Å². The molecule has 1 aliphatic rings. The summed E-state index contributed by atoms with van der Waals surface area (Å²) in [6.07, 6.45) is 3.51. The number of nitrogens with zero attached hydrogens (tertiary/aromatic N) is 3. The van der Waals surface area contributed by atoms with Gasteiger partial charge in [-0.3, -0.25) is 4.79 Å². The average molecular weight is 388 g/mol. The van der Waals surface area contributed by atoms with E-state index in [1.54, 1.807) is 13.2 Å². The van der Waals surface area contributed by atoms with Crippen LogP contribution in [0.2, 0.25) is 0 Å². The van der Waals surface area contributed by atoms with Gasteiger partial charge in [-0.25, -0.2) is 13.4 Å². The van der Waals surface area contributed by atoms with Gasteiger partial charge < -0.3 is 20.7 Å². The van der Waals surface area contributed by atoms with Crippen LogP contribution in [0.4, 0.5) is 0 Å². The molecular formula is C16H29N5O4S. The molecule has 1 amide bonds. The number of hydrogen-bond acceptors (Lipinski definition) is 6. The van der Waals surface area contributed by atoms with Gasteiger partial charge in [0, 0.05) is 32.5 Å². The van der Waals surface area contributed by atoms with Gasteiger partial charge in [-0.15, -0.1) is 0 Å². The van der Waals surface area contributed by atoms with Crippen molar-refractivity contribution in [2.75, 3.05) is 13.1 Å². The zero-order chi connectivity index (χ0) is 19.5. The number of imidazole rings is 1. The molecule has 9 nitrogen and oxygen atoms in total. The van der Waals surface area contributed by atoms with Gasteiger partial charge in [0.2, 0.25) is 11.1 Å². The summed E-state index contributed by atoms with van der Waals surface area (Å²) >= 11 is 0. The largest absolute Gasteiger partial charge is 0.390 e. The number of amides is 1. The lowest BCUT2D eigenvalue weighted by molar-refractivity contribution is -0.124. The molecule has 0 radical (unpaired) electrons. The molecule has 4 N–H and O–H groups in total. The van der Waals surface area contributed by atoms with Gasteiger partial charge in [0.15, 0.2) is 0 Å². The second kappa shape index (κ2) is 8.47. The smallest absolute Gasteiger partial charge is 0.277 e. The number of β-amino-alcohol motifs (C(OH)–C–C–N with tert-alkyl or cyclic N) is 1. The molecule has 0 aromatic carbocycles. The summed E-state index contributed by atoms with van der Waals surface area (Å²) in [6, 6.07) is -1.17. The molecule has 2 heterocycles. The fourth-order valence-electron chi connectivity index (χ4n) is 3.11. The standard InChI is InChI=1S/C16H29N5O4S/c1-11(2)9-12(17)15(23)19-13-5-4-7-21(10-14(13)22)26(24,25)16-18-6-8-20(16)3/h6,8,11-14,22H,4-5,7,9-10,17H2,1-3H3,(H,19,23)/t12-,13?,14?/m0/s1. The summed E-state index contributed by atoms with van der Waals surface area (Å²) < 4.78 is 28.1.